The summed E-state index contributed by atoms with van der Waals surface area (Å²) in [5.74, 6) is 0.143. The number of carbonyl (C=O) groups is 2. The van der Waals surface area contributed by atoms with Gasteiger partial charge in [-0.15, -0.1) is 0 Å². The number of rotatable bonds is 3. The lowest BCUT2D eigenvalue weighted by molar-refractivity contribution is -0.119. The van der Waals surface area contributed by atoms with Gasteiger partial charge in [0.25, 0.3) is 0 Å². The van der Waals surface area contributed by atoms with E-state index in [1.165, 1.54) is 16.8 Å². The molecule has 1 amide bonds. The Morgan fingerprint density at radius 1 is 1.32 bits per heavy atom. The Kier molecular flexibility index (Phi) is 5.23. The summed E-state index contributed by atoms with van der Waals surface area (Å²) in [6, 6.07) is 6.01. The summed E-state index contributed by atoms with van der Waals surface area (Å²) in [7, 11) is 0. The molecule has 6 nitrogen and oxygen atoms in total. The number of nitrogens with one attached hydrogen (secondary N) is 1. The van der Waals surface area contributed by atoms with Crippen molar-refractivity contribution in [1.29, 1.82) is 0 Å². The second-order valence-electron chi connectivity index (χ2n) is 7.42. The van der Waals surface area contributed by atoms with Crippen molar-refractivity contribution in [2.45, 2.75) is 38.5 Å². The van der Waals surface area contributed by atoms with Crippen LogP contribution in [0.4, 0.5) is 9.18 Å². The Labute approximate surface area is 163 Å². The van der Waals surface area contributed by atoms with E-state index in [0.29, 0.717) is 25.8 Å². The number of nitrogens with zero attached hydrogens (tertiary/aromatic N) is 3. The monoisotopic (exact) mass is 382 g/mol. The third-order valence-electron chi connectivity index (χ3n) is 5.30. The van der Waals surface area contributed by atoms with Crippen LogP contribution < -0.4 is 5.43 Å². The molecule has 0 radical (unpaired) electrons. The highest BCUT2D eigenvalue weighted by Crippen LogP contribution is 2.32. The summed E-state index contributed by atoms with van der Waals surface area (Å²) in [6.07, 6.45) is 9.88. The van der Waals surface area contributed by atoms with Gasteiger partial charge in [0.1, 0.15) is 11.6 Å². The highest BCUT2D eigenvalue weighted by molar-refractivity contribution is 5.80. The van der Waals surface area contributed by atoms with Gasteiger partial charge in [0.15, 0.2) is 0 Å². The van der Waals surface area contributed by atoms with Crippen LogP contribution in [0.15, 0.2) is 48.4 Å². The zero-order valence-corrected chi connectivity index (χ0v) is 15.6. The lowest BCUT2D eigenvalue weighted by Crippen LogP contribution is -2.45. The van der Waals surface area contributed by atoms with Gasteiger partial charge in [0.2, 0.25) is 0 Å². The van der Waals surface area contributed by atoms with Gasteiger partial charge in [-0.1, -0.05) is 18.2 Å². The average Bonchev–Trinajstić information content (AvgIpc) is 3.08. The second-order valence-corrected chi connectivity index (χ2v) is 7.42. The molecule has 1 aromatic carbocycles. The van der Waals surface area contributed by atoms with Gasteiger partial charge < -0.3 is 0 Å². The summed E-state index contributed by atoms with van der Waals surface area (Å²) in [6.45, 7) is 0.477. The van der Waals surface area contributed by atoms with E-state index in [1.807, 2.05) is 11.1 Å². The molecule has 1 fully saturated rings. The van der Waals surface area contributed by atoms with Crippen LogP contribution in [-0.2, 0) is 11.2 Å². The highest BCUT2D eigenvalue weighted by Gasteiger charge is 2.29. The van der Waals surface area contributed by atoms with Gasteiger partial charge in [-0.2, -0.15) is 9.78 Å². The van der Waals surface area contributed by atoms with Crippen molar-refractivity contribution < 1.29 is 14.0 Å². The molecular formula is C21H23FN4O2. The number of hydrazine groups is 1. The molecule has 0 spiro atoms. The molecular weight excluding hydrogens is 359 g/mol. The number of hydrogen-bond acceptors (Lipinski definition) is 4. The first kappa shape index (κ1) is 18.4. The summed E-state index contributed by atoms with van der Waals surface area (Å²) >= 11 is 0. The van der Waals surface area contributed by atoms with E-state index in [9.17, 15) is 14.0 Å². The number of carbonyl (C=O) groups excluding carboxylic acids is 2. The Morgan fingerprint density at radius 3 is 3.07 bits per heavy atom. The third-order valence-corrected chi connectivity index (χ3v) is 5.30. The molecule has 1 aromatic heterocycles. The molecule has 28 heavy (non-hydrogen) atoms. The predicted octanol–water partition coefficient (Wildman–Crippen LogP) is 3.43. The SMILES string of the molecule is O=C1CCN(NC(=O)n2cc(Cc3cccc(F)c3)cn2)C2=CCCC[C@H]2C1. The lowest BCUT2D eigenvalue weighted by Gasteiger charge is -2.31. The van der Waals surface area contributed by atoms with Gasteiger partial charge in [-0.25, -0.2) is 14.6 Å². The topological polar surface area (TPSA) is 67.2 Å². The molecule has 1 aliphatic carbocycles. The van der Waals surface area contributed by atoms with Gasteiger partial charge in [0.05, 0.1) is 6.20 Å². The summed E-state index contributed by atoms with van der Waals surface area (Å²) in [5, 5.41) is 5.95. The number of amides is 1. The largest absolute Gasteiger partial charge is 0.360 e. The molecule has 1 aliphatic heterocycles. The van der Waals surface area contributed by atoms with E-state index in [-0.39, 0.29) is 23.5 Å². The van der Waals surface area contributed by atoms with Crippen molar-refractivity contribution in [1.82, 2.24) is 20.2 Å². The van der Waals surface area contributed by atoms with Crippen LogP contribution in [0.25, 0.3) is 0 Å². The average molecular weight is 382 g/mol. The first-order valence-corrected chi connectivity index (χ1v) is 9.67. The number of benzene rings is 1. The fourth-order valence-corrected chi connectivity index (χ4v) is 3.94. The fraction of sp³-hybridized carbons (Fsp3) is 0.381. The van der Waals surface area contributed by atoms with Crippen molar-refractivity contribution in [2.24, 2.45) is 5.92 Å². The Hall–Kier alpha value is -2.96. The maximum Gasteiger partial charge on any atom is 0.360 e. The van der Waals surface area contributed by atoms with Crippen LogP contribution in [0.5, 0.6) is 0 Å². The van der Waals surface area contributed by atoms with Gasteiger partial charge in [-0.3, -0.25) is 9.80 Å². The molecule has 1 N–H and O–H groups in total. The Balaban J connectivity index is 1.45. The van der Waals surface area contributed by atoms with Crippen molar-refractivity contribution in [3.05, 3.63) is 65.4 Å². The number of aromatic nitrogens is 2. The maximum absolute atomic E-state index is 13.3. The Bertz CT molecular complexity index is 921. The molecule has 1 atom stereocenters. The van der Waals surface area contributed by atoms with Crippen molar-refractivity contribution >= 4 is 11.8 Å². The first-order chi connectivity index (χ1) is 13.6. The predicted molar refractivity (Wildman–Crippen MR) is 102 cm³/mol. The number of allylic oxidation sites excluding steroid dienone is 2. The van der Waals surface area contributed by atoms with Crippen LogP contribution in [-0.4, -0.2) is 33.1 Å². The van der Waals surface area contributed by atoms with Gasteiger partial charge in [0, 0.05) is 43.6 Å². The normalized spacial score (nSPS) is 19.6. The number of Topliss-reactive ketones (excluding diaryl/α,β-unsaturated/α-hetero) is 1. The van der Waals surface area contributed by atoms with Crippen LogP contribution in [0.1, 0.15) is 43.2 Å². The van der Waals surface area contributed by atoms with E-state index in [4.69, 9.17) is 0 Å². The summed E-state index contributed by atoms with van der Waals surface area (Å²) < 4.78 is 14.6. The van der Waals surface area contributed by atoms with Crippen molar-refractivity contribution in [2.75, 3.05) is 6.54 Å². The summed E-state index contributed by atoms with van der Waals surface area (Å²) in [4.78, 5) is 24.7. The number of hydrogen-bond donors (Lipinski definition) is 1. The molecule has 0 bridgehead atoms. The molecule has 1 saturated heterocycles. The summed E-state index contributed by atoms with van der Waals surface area (Å²) in [5.41, 5.74) is 5.58. The molecule has 146 valence electrons. The van der Waals surface area contributed by atoms with Crippen LogP contribution in [0, 0.1) is 11.7 Å². The van der Waals surface area contributed by atoms with Crippen LogP contribution in [0.3, 0.4) is 0 Å². The molecule has 0 saturated carbocycles. The molecule has 2 aliphatic rings. The minimum atomic E-state index is -0.370. The zero-order chi connectivity index (χ0) is 19.5. The fourth-order valence-electron chi connectivity index (χ4n) is 3.94. The molecule has 2 heterocycles. The minimum absolute atomic E-state index is 0.185. The van der Waals surface area contributed by atoms with E-state index >= 15 is 0 Å². The highest BCUT2D eigenvalue weighted by atomic mass is 19.1. The second kappa shape index (κ2) is 7.96. The van der Waals surface area contributed by atoms with E-state index in [1.54, 1.807) is 18.5 Å². The minimum Gasteiger partial charge on any atom is -0.300 e. The van der Waals surface area contributed by atoms with E-state index in [2.05, 4.69) is 16.6 Å². The van der Waals surface area contributed by atoms with Crippen LogP contribution in [0.2, 0.25) is 0 Å². The van der Waals surface area contributed by atoms with Crippen molar-refractivity contribution in [3.63, 3.8) is 0 Å². The van der Waals surface area contributed by atoms with E-state index < -0.39 is 0 Å². The zero-order valence-electron chi connectivity index (χ0n) is 15.6. The Morgan fingerprint density at radius 2 is 2.21 bits per heavy atom. The van der Waals surface area contributed by atoms with Gasteiger partial charge >= 0.3 is 6.03 Å². The van der Waals surface area contributed by atoms with Crippen molar-refractivity contribution in [3.8, 4) is 0 Å². The molecule has 2 aromatic rings. The standard InChI is InChI=1S/C21H23FN4O2/c22-18-6-3-4-15(11-18)10-16-13-23-26(14-16)21(28)24-25-9-8-19(27)12-17-5-1-2-7-20(17)25/h3-4,6-7,11,13-14,17H,1-2,5,8-10,12H2,(H,24,28)/t17-/m0/s1. The quantitative estimate of drug-likeness (QED) is 0.883. The van der Waals surface area contributed by atoms with Crippen LogP contribution >= 0.6 is 0 Å². The molecule has 7 heteroatoms. The number of ketones is 1. The maximum atomic E-state index is 13.3. The molecule has 4 rings (SSSR count). The first-order valence-electron chi connectivity index (χ1n) is 9.67. The molecule has 0 unspecified atom stereocenters. The lowest BCUT2D eigenvalue weighted by atomic mass is 9.88. The third kappa shape index (κ3) is 4.13. The smallest absolute Gasteiger partial charge is 0.300 e. The number of fused-ring (bicyclic) bond motifs is 1. The van der Waals surface area contributed by atoms with E-state index in [0.717, 1.165) is 36.1 Å². The van der Waals surface area contributed by atoms with Gasteiger partial charge in [-0.05, 0) is 42.5 Å². The number of halogens is 1.